The van der Waals surface area contributed by atoms with Gasteiger partial charge in [0.05, 0.1) is 24.8 Å². The van der Waals surface area contributed by atoms with Crippen molar-refractivity contribution in [1.29, 1.82) is 0 Å². The van der Waals surface area contributed by atoms with Gasteiger partial charge < -0.3 is 75.6 Å². The fraction of sp³-hybridized carbons (Fsp3) is 0.800. The third kappa shape index (κ3) is 26.2. The molecule has 0 radical (unpaired) electrons. The number of piperazine rings is 1. The normalized spacial score (nSPS) is 17.3. The number of likely N-dealkylation sites (N-methyl/N-ethyl adjacent to an activating group) is 8. The van der Waals surface area contributed by atoms with Crippen molar-refractivity contribution < 1.29 is 67.4 Å². The van der Waals surface area contributed by atoms with Gasteiger partial charge in [-0.05, 0) is 116 Å². The molecule has 0 saturated carbocycles. The lowest BCUT2D eigenvalue weighted by molar-refractivity contribution is -0.157. The molecule has 14 atom stereocenters. The molecule has 0 aromatic carbocycles. The van der Waals surface area contributed by atoms with Crippen molar-refractivity contribution in [2.45, 2.75) is 229 Å². The van der Waals surface area contributed by atoms with Crippen molar-refractivity contribution in [3.8, 4) is 0 Å². The van der Waals surface area contributed by atoms with Crippen LogP contribution < -0.4 is 26.6 Å². The second-order valence-corrected chi connectivity index (χ2v) is 28.9. The number of ether oxygens (including phenoxy) is 1. The van der Waals surface area contributed by atoms with E-state index in [2.05, 4.69) is 31.5 Å². The van der Waals surface area contributed by atoms with E-state index in [0.717, 1.165) is 18.0 Å². The minimum Gasteiger partial charge on any atom is -0.390 e. The van der Waals surface area contributed by atoms with Crippen molar-refractivity contribution >= 4 is 70.8 Å². The van der Waals surface area contributed by atoms with Crippen LogP contribution >= 0.6 is 0 Å². The molecule has 1 aliphatic heterocycles. The lowest BCUT2D eigenvalue weighted by atomic mass is 9.91. The summed E-state index contributed by atoms with van der Waals surface area (Å²) in [6.07, 6.45) is 3.06. The number of nitrogens with one attached hydrogen (secondary N) is 5. The standard InChI is InChI=1S/C70H127N13O14/c1-27-29-30-45(13)60(86)59(64(90)74-51(28-2)66(92)77(21)49(17)50(18)84)82(26)70(96)58(44(11)12)81(25)68(94)54(37-42(7)8)80(24)67(93)53(36-41(5)6)79(23)65(91)48(16)73-61(87)47(15)72-62(88)52(35-40(3)4)78(22)69(95)56(43(9)10)75-63(89)57(71-19)46(14)38-97-39-55(85)83-33-31-76(20)32-34-83/h27,29,40-49,51-54,56-60,71,86H,28,30-39H2,1-26H3,(H,72,88)(H,73,87)(H,74,90)(H,75,89)/b29-27+/t45-,46-,47+,48-,49-,51+,52+,53+,54+,56+,57+,58+,59+,60-/m1/s1. The van der Waals surface area contributed by atoms with Gasteiger partial charge in [0.25, 0.3) is 0 Å². The van der Waals surface area contributed by atoms with E-state index in [1.165, 1.54) is 87.6 Å². The van der Waals surface area contributed by atoms with Gasteiger partial charge in [0.15, 0.2) is 5.78 Å². The molecule has 1 heterocycles. The highest BCUT2D eigenvalue weighted by atomic mass is 16.5. The van der Waals surface area contributed by atoms with E-state index in [1.54, 1.807) is 73.4 Å². The topological polar surface area (TPSA) is 320 Å². The Hall–Kier alpha value is -6.58. The number of aliphatic hydroxyl groups is 1. The lowest BCUT2D eigenvalue weighted by Gasteiger charge is -2.41. The summed E-state index contributed by atoms with van der Waals surface area (Å²) in [5, 5.41) is 26.0. The molecule has 6 N–H and O–H groups in total. The van der Waals surface area contributed by atoms with E-state index in [1.807, 2.05) is 61.6 Å². The number of carbonyl (C=O) groups is 12. The number of nitrogens with zero attached hydrogens (tertiary/aromatic N) is 8. The summed E-state index contributed by atoms with van der Waals surface area (Å²) in [5.41, 5.74) is 0. The Bertz CT molecular complexity index is 2650. The number of rotatable bonds is 40. The molecule has 1 fully saturated rings. The van der Waals surface area contributed by atoms with Crippen LogP contribution in [0.1, 0.15) is 157 Å². The Morgan fingerprint density at radius 1 is 0.505 bits per heavy atom. The molecular formula is C70H127N13O14. The molecule has 27 nitrogen and oxygen atoms in total. The van der Waals surface area contributed by atoms with Crippen LogP contribution in [0.4, 0.5) is 0 Å². The van der Waals surface area contributed by atoms with E-state index < -0.39 is 155 Å². The van der Waals surface area contributed by atoms with Gasteiger partial charge in [-0.25, -0.2) is 0 Å². The van der Waals surface area contributed by atoms with Gasteiger partial charge in [-0.1, -0.05) is 102 Å². The molecule has 1 rings (SSSR count). The maximum absolute atomic E-state index is 15.2. The van der Waals surface area contributed by atoms with Crippen LogP contribution in [0, 0.1) is 41.4 Å². The average Bonchev–Trinajstić information content (AvgIpc) is 0.813. The highest BCUT2D eigenvalue weighted by Gasteiger charge is 2.46. The van der Waals surface area contributed by atoms with Crippen molar-refractivity contribution in [2.24, 2.45) is 41.4 Å². The molecule has 556 valence electrons. The molecule has 97 heavy (non-hydrogen) atoms. The number of hydrogen-bond donors (Lipinski definition) is 6. The molecule has 0 aromatic heterocycles. The fourth-order valence-electron chi connectivity index (χ4n) is 11.9. The predicted molar refractivity (Wildman–Crippen MR) is 375 cm³/mol. The van der Waals surface area contributed by atoms with E-state index in [9.17, 15) is 48.3 Å². The van der Waals surface area contributed by atoms with Crippen LogP contribution in [-0.4, -0.2) is 283 Å². The Morgan fingerprint density at radius 2 is 0.979 bits per heavy atom. The van der Waals surface area contributed by atoms with Crippen LogP contribution in [0.25, 0.3) is 0 Å². The molecule has 0 unspecified atom stereocenters. The van der Waals surface area contributed by atoms with E-state index >= 15 is 14.4 Å². The first-order chi connectivity index (χ1) is 45.0. The summed E-state index contributed by atoms with van der Waals surface area (Å²) in [5.74, 6) is -9.18. The average molecular weight is 1370 g/mol. The van der Waals surface area contributed by atoms with Gasteiger partial charge >= 0.3 is 0 Å². The smallest absolute Gasteiger partial charge is 0.248 e. The van der Waals surface area contributed by atoms with Crippen molar-refractivity contribution in [3.05, 3.63) is 12.2 Å². The van der Waals surface area contributed by atoms with Gasteiger partial charge in [-0.2, -0.15) is 0 Å². The molecule has 0 spiro atoms. The first-order valence-corrected chi connectivity index (χ1v) is 34.8. The maximum atomic E-state index is 15.2. The largest absolute Gasteiger partial charge is 0.390 e. The highest BCUT2D eigenvalue weighted by molar-refractivity contribution is 5.99. The zero-order chi connectivity index (χ0) is 75.0. The maximum Gasteiger partial charge on any atom is 0.248 e. The van der Waals surface area contributed by atoms with E-state index in [4.69, 9.17) is 4.74 Å². The molecule has 0 aromatic rings. The van der Waals surface area contributed by atoms with Gasteiger partial charge in [0.2, 0.25) is 65.0 Å². The summed E-state index contributed by atoms with van der Waals surface area (Å²) in [4.78, 5) is 181. The number of hydrogen-bond acceptors (Lipinski definition) is 16. The van der Waals surface area contributed by atoms with Crippen LogP contribution in [-0.2, 0) is 62.3 Å². The van der Waals surface area contributed by atoms with Crippen molar-refractivity contribution in [3.63, 3.8) is 0 Å². The molecule has 0 bridgehead atoms. The number of allylic oxidation sites excluding steroid dienone is 2. The predicted octanol–water partition coefficient (Wildman–Crippen LogP) is 2.37. The third-order valence-corrected chi connectivity index (χ3v) is 18.6. The molecule has 1 saturated heterocycles. The monoisotopic (exact) mass is 1370 g/mol. The zero-order valence-electron chi connectivity index (χ0n) is 63.7. The van der Waals surface area contributed by atoms with Gasteiger partial charge in [-0.3, -0.25) is 57.5 Å². The molecule has 27 heteroatoms. The number of Topliss-reactive ketones (excluding diaryl/α,β-unsaturated/α-hetero) is 1. The molecular weight excluding hydrogens is 1250 g/mol. The minimum absolute atomic E-state index is 0.0883. The number of aliphatic hydroxyl groups excluding tert-OH is 1. The van der Waals surface area contributed by atoms with Crippen molar-refractivity contribution in [2.75, 3.05) is 95.8 Å². The van der Waals surface area contributed by atoms with Crippen LogP contribution in [0.15, 0.2) is 12.2 Å². The summed E-state index contributed by atoms with van der Waals surface area (Å²) < 4.78 is 5.78. The zero-order valence-corrected chi connectivity index (χ0v) is 63.7. The van der Waals surface area contributed by atoms with Gasteiger partial charge in [0.1, 0.15) is 61.0 Å². The highest BCUT2D eigenvalue weighted by Crippen LogP contribution is 2.26. The van der Waals surface area contributed by atoms with Gasteiger partial charge in [0, 0.05) is 74.4 Å². The summed E-state index contributed by atoms with van der Waals surface area (Å²) >= 11 is 0. The van der Waals surface area contributed by atoms with Crippen LogP contribution in [0.2, 0.25) is 0 Å². The van der Waals surface area contributed by atoms with Crippen LogP contribution in [0.5, 0.6) is 0 Å². The van der Waals surface area contributed by atoms with E-state index in [-0.39, 0.29) is 68.3 Å². The lowest BCUT2D eigenvalue weighted by Crippen LogP contribution is -2.63. The molecule has 1 aliphatic rings. The van der Waals surface area contributed by atoms with Crippen LogP contribution in [0.3, 0.4) is 0 Å². The Balaban J connectivity index is 3.50. The Morgan fingerprint density at radius 3 is 1.44 bits per heavy atom. The number of carbonyl (C=O) groups excluding carboxylic acids is 12. The summed E-state index contributed by atoms with van der Waals surface area (Å²) in [6, 6.07) is -12.5. The SMILES string of the molecule is C/C=C/C[C@@H](C)[C@@H](O)[C@@H](C(=O)N[C@@H](CC)C(=O)N(C)[C@H](C)C(C)=O)N(C)C(=O)[C@H](C(C)C)N(C)C(=O)[C@H](CC(C)C)N(C)C(=O)[C@H](CC(C)C)N(C)C(=O)[C@@H](C)NC(=O)[C@H](C)NC(=O)[C@H](CC(C)C)N(C)C(=O)[C@@H](NC(=O)[C@@H](NC)[C@H](C)COCC(=O)N1CCN(C)CC1)C(C)C. The Labute approximate surface area is 580 Å². The number of ketones is 1. The Kier molecular flexibility index (Phi) is 38.1. The summed E-state index contributed by atoms with van der Waals surface area (Å²) in [7, 11) is 12.2. The quantitative estimate of drug-likeness (QED) is 0.0480. The second-order valence-electron chi connectivity index (χ2n) is 28.9. The molecule has 0 aliphatic carbocycles. The molecule has 11 amide bonds. The minimum atomic E-state index is -1.55. The first kappa shape index (κ1) is 88.4. The summed E-state index contributed by atoms with van der Waals surface area (Å²) in [6.45, 7) is 33.7. The second kappa shape index (κ2) is 41.7. The van der Waals surface area contributed by atoms with E-state index in [0.29, 0.717) is 19.5 Å². The fourth-order valence-corrected chi connectivity index (χ4v) is 11.9. The van der Waals surface area contributed by atoms with Gasteiger partial charge in [-0.15, -0.1) is 0 Å². The first-order valence-electron chi connectivity index (χ1n) is 34.8. The van der Waals surface area contributed by atoms with Crippen molar-refractivity contribution in [1.82, 2.24) is 65.8 Å². The number of amides is 11. The third-order valence-electron chi connectivity index (χ3n) is 18.6.